The van der Waals surface area contributed by atoms with Gasteiger partial charge in [0.2, 0.25) is 0 Å². The zero-order valence-corrected chi connectivity index (χ0v) is 12.6. The monoisotopic (exact) mass is 240 g/mol. The second-order valence-electron chi connectivity index (χ2n) is 6.76. The molecule has 0 bridgehead atoms. The normalized spacial score (nSPS) is 23.6. The molecule has 2 heteroatoms. The number of rotatable bonds is 5. The largest absolute Gasteiger partial charge is 0.327 e. The Kier molecular flexibility index (Phi) is 5.03. The van der Waals surface area contributed by atoms with Crippen LogP contribution in [0.1, 0.15) is 60.3 Å². The van der Waals surface area contributed by atoms with Crippen molar-refractivity contribution in [3.05, 3.63) is 0 Å². The lowest BCUT2D eigenvalue weighted by Gasteiger charge is -2.44. The predicted octanol–water partition coefficient (Wildman–Crippen LogP) is 3.26. The Morgan fingerprint density at radius 2 is 1.65 bits per heavy atom. The third-order valence-electron chi connectivity index (χ3n) is 5.28. The Morgan fingerprint density at radius 1 is 1.18 bits per heavy atom. The lowest BCUT2D eigenvalue weighted by Crippen LogP contribution is -2.48. The fourth-order valence-corrected chi connectivity index (χ4v) is 2.86. The lowest BCUT2D eigenvalue weighted by molar-refractivity contribution is 0.0636. The van der Waals surface area contributed by atoms with Crippen molar-refractivity contribution in [1.29, 1.82) is 0 Å². The molecule has 2 N–H and O–H groups in total. The first-order valence-electron chi connectivity index (χ1n) is 7.33. The van der Waals surface area contributed by atoms with Crippen LogP contribution in [0.5, 0.6) is 0 Å². The molecule has 0 amide bonds. The number of likely N-dealkylation sites (tertiary alicyclic amines) is 1. The van der Waals surface area contributed by atoms with Crippen LogP contribution in [-0.2, 0) is 0 Å². The molecule has 0 spiro atoms. The Balaban J connectivity index is 2.47. The molecule has 1 rings (SSSR count). The van der Waals surface area contributed by atoms with E-state index < -0.39 is 0 Å². The van der Waals surface area contributed by atoms with Gasteiger partial charge in [0.05, 0.1) is 0 Å². The maximum absolute atomic E-state index is 6.07. The van der Waals surface area contributed by atoms with Crippen molar-refractivity contribution in [3.63, 3.8) is 0 Å². The van der Waals surface area contributed by atoms with Gasteiger partial charge in [-0.2, -0.15) is 0 Å². The van der Waals surface area contributed by atoms with Crippen molar-refractivity contribution >= 4 is 0 Å². The van der Waals surface area contributed by atoms with Crippen LogP contribution >= 0.6 is 0 Å². The van der Waals surface area contributed by atoms with Gasteiger partial charge in [-0.15, -0.1) is 0 Å². The third kappa shape index (κ3) is 3.69. The highest BCUT2D eigenvalue weighted by Gasteiger charge is 2.33. The second kappa shape index (κ2) is 5.71. The van der Waals surface area contributed by atoms with Gasteiger partial charge in [-0.05, 0) is 43.7 Å². The van der Waals surface area contributed by atoms with Crippen LogP contribution in [0.2, 0.25) is 0 Å². The van der Waals surface area contributed by atoms with Gasteiger partial charge in [-0.3, -0.25) is 0 Å². The fourth-order valence-electron chi connectivity index (χ4n) is 2.86. The summed E-state index contributed by atoms with van der Waals surface area (Å²) >= 11 is 0. The Morgan fingerprint density at radius 3 is 2.00 bits per heavy atom. The molecule has 1 atom stereocenters. The standard InChI is InChI=1S/C15H32N2/c1-6-15(7-2)8-10-17(11-9-15)12-14(4,5)13(3)16/h13H,6-12,16H2,1-5H3. The van der Waals surface area contributed by atoms with Crippen molar-refractivity contribution in [2.75, 3.05) is 19.6 Å². The fraction of sp³-hybridized carbons (Fsp3) is 1.00. The molecule has 0 aromatic carbocycles. The number of piperidine rings is 1. The topological polar surface area (TPSA) is 29.3 Å². The molecular weight excluding hydrogens is 208 g/mol. The van der Waals surface area contributed by atoms with Crippen LogP contribution in [0.15, 0.2) is 0 Å². The SMILES string of the molecule is CCC1(CC)CCN(CC(C)(C)C(C)N)CC1. The minimum Gasteiger partial charge on any atom is -0.327 e. The van der Waals surface area contributed by atoms with E-state index in [9.17, 15) is 0 Å². The summed E-state index contributed by atoms with van der Waals surface area (Å²) in [4.78, 5) is 2.62. The molecule has 1 unspecified atom stereocenters. The van der Waals surface area contributed by atoms with Crippen LogP contribution in [0.3, 0.4) is 0 Å². The molecule has 2 nitrogen and oxygen atoms in total. The number of nitrogens with zero attached hydrogens (tertiary/aromatic N) is 1. The lowest BCUT2D eigenvalue weighted by atomic mass is 9.73. The van der Waals surface area contributed by atoms with Gasteiger partial charge in [0.15, 0.2) is 0 Å². The molecule has 1 aliphatic heterocycles. The Hall–Kier alpha value is -0.0800. The minimum atomic E-state index is 0.235. The highest BCUT2D eigenvalue weighted by molar-refractivity contribution is 4.88. The second-order valence-corrected chi connectivity index (χ2v) is 6.76. The van der Waals surface area contributed by atoms with Crippen LogP contribution in [-0.4, -0.2) is 30.6 Å². The summed E-state index contributed by atoms with van der Waals surface area (Å²) in [6.45, 7) is 15.1. The summed E-state index contributed by atoms with van der Waals surface area (Å²) in [7, 11) is 0. The van der Waals surface area contributed by atoms with Crippen LogP contribution in [0.4, 0.5) is 0 Å². The van der Waals surface area contributed by atoms with Crippen molar-refractivity contribution < 1.29 is 0 Å². The Labute approximate surface area is 108 Å². The van der Waals surface area contributed by atoms with Crippen LogP contribution in [0, 0.1) is 10.8 Å². The van der Waals surface area contributed by atoms with Gasteiger partial charge in [-0.25, -0.2) is 0 Å². The van der Waals surface area contributed by atoms with Gasteiger partial charge in [0, 0.05) is 12.6 Å². The van der Waals surface area contributed by atoms with Crippen LogP contribution < -0.4 is 5.73 Å². The molecule has 1 heterocycles. The molecule has 0 aliphatic carbocycles. The first-order chi connectivity index (χ1) is 7.85. The smallest absolute Gasteiger partial charge is 0.00739 e. The van der Waals surface area contributed by atoms with E-state index in [1.807, 2.05) is 0 Å². The number of hydrogen-bond donors (Lipinski definition) is 1. The third-order valence-corrected chi connectivity index (χ3v) is 5.28. The predicted molar refractivity (Wildman–Crippen MR) is 76.1 cm³/mol. The number of nitrogens with two attached hydrogens (primary N) is 1. The molecule has 17 heavy (non-hydrogen) atoms. The molecule has 1 aliphatic rings. The summed E-state index contributed by atoms with van der Waals surface area (Å²) in [5.41, 5.74) is 6.93. The van der Waals surface area contributed by atoms with E-state index in [0.717, 1.165) is 6.54 Å². The van der Waals surface area contributed by atoms with Crippen molar-refractivity contribution in [1.82, 2.24) is 4.90 Å². The van der Waals surface area contributed by atoms with Gasteiger partial charge in [0.25, 0.3) is 0 Å². The summed E-state index contributed by atoms with van der Waals surface area (Å²) < 4.78 is 0. The Bertz CT molecular complexity index is 219. The number of hydrogen-bond acceptors (Lipinski definition) is 2. The first-order valence-corrected chi connectivity index (χ1v) is 7.33. The van der Waals surface area contributed by atoms with Crippen molar-refractivity contribution in [3.8, 4) is 0 Å². The van der Waals surface area contributed by atoms with Gasteiger partial charge in [-0.1, -0.05) is 40.5 Å². The summed E-state index contributed by atoms with van der Waals surface area (Å²) in [5, 5.41) is 0. The van der Waals surface area contributed by atoms with Gasteiger partial charge >= 0.3 is 0 Å². The molecule has 0 aromatic heterocycles. The summed E-state index contributed by atoms with van der Waals surface area (Å²) in [5.74, 6) is 0. The zero-order valence-electron chi connectivity index (χ0n) is 12.6. The molecular formula is C15H32N2. The van der Waals surface area contributed by atoms with E-state index in [0.29, 0.717) is 5.41 Å². The van der Waals surface area contributed by atoms with Gasteiger partial charge < -0.3 is 10.6 Å². The average molecular weight is 240 g/mol. The maximum atomic E-state index is 6.07. The molecule has 1 saturated heterocycles. The van der Waals surface area contributed by atoms with Crippen LogP contribution in [0.25, 0.3) is 0 Å². The average Bonchev–Trinajstić information content (AvgIpc) is 2.30. The molecule has 1 fully saturated rings. The minimum absolute atomic E-state index is 0.235. The van der Waals surface area contributed by atoms with Crippen molar-refractivity contribution in [2.45, 2.75) is 66.3 Å². The summed E-state index contributed by atoms with van der Waals surface area (Å²) in [6, 6.07) is 0.270. The summed E-state index contributed by atoms with van der Waals surface area (Å²) in [6.07, 6.45) is 5.42. The molecule has 0 aromatic rings. The van der Waals surface area contributed by atoms with E-state index in [-0.39, 0.29) is 11.5 Å². The van der Waals surface area contributed by atoms with E-state index in [1.165, 1.54) is 38.8 Å². The van der Waals surface area contributed by atoms with Gasteiger partial charge in [0.1, 0.15) is 0 Å². The van der Waals surface area contributed by atoms with E-state index in [4.69, 9.17) is 5.73 Å². The maximum Gasteiger partial charge on any atom is 0.00739 e. The molecule has 0 saturated carbocycles. The van der Waals surface area contributed by atoms with E-state index >= 15 is 0 Å². The van der Waals surface area contributed by atoms with E-state index in [1.54, 1.807) is 0 Å². The van der Waals surface area contributed by atoms with E-state index in [2.05, 4.69) is 39.5 Å². The highest BCUT2D eigenvalue weighted by Crippen LogP contribution is 2.38. The zero-order chi connectivity index (χ0) is 13.1. The van der Waals surface area contributed by atoms with Crippen molar-refractivity contribution in [2.24, 2.45) is 16.6 Å². The molecule has 102 valence electrons. The quantitative estimate of drug-likeness (QED) is 0.799. The first kappa shape index (κ1) is 15.0. The highest BCUT2D eigenvalue weighted by atomic mass is 15.1. The molecule has 0 radical (unpaired) electrons.